The van der Waals surface area contributed by atoms with Crippen molar-refractivity contribution in [2.75, 3.05) is 0 Å². The summed E-state index contributed by atoms with van der Waals surface area (Å²) in [6.45, 7) is 2.15. The summed E-state index contributed by atoms with van der Waals surface area (Å²) in [5.74, 6) is 0.557. The molecule has 0 aliphatic rings. The Morgan fingerprint density at radius 1 is 1.37 bits per heavy atom. The number of halogens is 1. The van der Waals surface area contributed by atoms with Gasteiger partial charge in [0.15, 0.2) is 0 Å². The molecule has 0 saturated carbocycles. The molecule has 0 aromatic carbocycles. The number of aryl methyl sites for hydroxylation is 1. The molecule has 0 bridgehead atoms. The third-order valence-electron chi connectivity index (χ3n) is 2.70. The summed E-state index contributed by atoms with van der Waals surface area (Å²) in [5.41, 5.74) is 0. The molecule has 2 rings (SSSR count). The average Bonchev–Trinajstić information content (AvgIpc) is 3.03. The SMILES string of the molecule is CCCCCCc1nc(Cl)nn1C(=O)n1cncn1. The van der Waals surface area contributed by atoms with Crippen LogP contribution < -0.4 is 0 Å². The van der Waals surface area contributed by atoms with E-state index >= 15 is 0 Å². The van der Waals surface area contributed by atoms with Gasteiger partial charge in [0.1, 0.15) is 18.5 Å². The van der Waals surface area contributed by atoms with Crippen molar-refractivity contribution in [3.63, 3.8) is 0 Å². The summed E-state index contributed by atoms with van der Waals surface area (Å²) >= 11 is 5.77. The summed E-state index contributed by atoms with van der Waals surface area (Å²) in [6.07, 6.45) is 7.65. The molecule has 0 spiro atoms. The molecule has 0 atom stereocenters. The quantitative estimate of drug-likeness (QED) is 0.785. The van der Waals surface area contributed by atoms with Crippen LogP contribution in [-0.2, 0) is 6.42 Å². The fraction of sp³-hybridized carbons (Fsp3) is 0.545. The van der Waals surface area contributed by atoms with Gasteiger partial charge in [0.25, 0.3) is 0 Å². The highest BCUT2D eigenvalue weighted by atomic mass is 35.5. The normalized spacial score (nSPS) is 10.8. The molecule has 0 unspecified atom stereocenters. The van der Waals surface area contributed by atoms with E-state index in [1.165, 1.54) is 23.8 Å². The second-order valence-corrected chi connectivity index (χ2v) is 4.48. The van der Waals surface area contributed by atoms with Gasteiger partial charge in [0.05, 0.1) is 0 Å². The first-order valence-corrected chi connectivity index (χ1v) is 6.61. The molecular formula is C11H15ClN6O. The first kappa shape index (κ1) is 13.7. The van der Waals surface area contributed by atoms with Crippen molar-refractivity contribution in [3.05, 3.63) is 23.8 Å². The Morgan fingerprint density at radius 2 is 2.21 bits per heavy atom. The van der Waals surface area contributed by atoms with Crippen molar-refractivity contribution in [1.29, 1.82) is 0 Å². The average molecular weight is 283 g/mol. The van der Waals surface area contributed by atoms with E-state index in [9.17, 15) is 4.79 Å². The highest BCUT2D eigenvalue weighted by Crippen LogP contribution is 2.10. The summed E-state index contributed by atoms with van der Waals surface area (Å²) in [6, 6.07) is -0.428. The van der Waals surface area contributed by atoms with Crippen LogP contribution in [0.25, 0.3) is 0 Å². The van der Waals surface area contributed by atoms with Crippen molar-refractivity contribution >= 4 is 17.6 Å². The third-order valence-corrected chi connectivity index (χ3v) is 2.86. The molecule has 7 nitrogen and oxygen atoms in total. The molecule has 2 heterocycles. The zero-order valence-corrected chi connectivity index (χ0v) is 11.4. The number of aromatic nitrogens is 6. The molecule has 8 heteroatoms. The largest absolute Gasteiger partial charge is 0.372 e. The van der Waals surface area contributed by atoms with Crippen LogP contribution in [0.3, 0.4) is 0 Å². The number of carbonyl (C=O) groups excluding carboxylic acids is 1. The van der Waals surface area contributed by atoms with Gasteiger partial charge in [-0.25, -0.2) is 14.8 Å². The Labute approximate surface area is 115 Å². The molecule has 0 saturated heterocycles. The molecule has 0 aliphatic heterocycles. The van der Waals surface area contributed by atoms with Crippen LogP contribution in [0.4, 0.5) is 4.79 Å². The van der Waals surface area contributed by atoms with Crippen molar-refractivity contribution in [3.8, 4) is 0 Å². The first-order valence-electron chi connectivity index (χ1n) is 6.23. The van der Waals surface area contributed by atoms with Gasteiger partial charge in [0, 0.05) is 6.42 Å². The lowest BCUT2D eigenvalue weighted by Crippen LogP contribution is -2.23. The number of hydrogen-bond donors (Lipinski definition) is 0. The fourth-order valence-electron chi connectivity index (χ4n) is 1.75. The van der Waals surface area contributed by atoms with E-state index in [0.29, 0.717) is 12.2 Å². The maximum atomic E-state index is 12.1. The van der Waals surface area contributed by atoms with E-state index in [1.54, 1.807) is 0 Å². The second-order valence-electron chi connectivity index (χ2n) is 4.14. The molecule has 0 radical (unpaired) electrons. The smallest absolute Gasteiger partial charge is 0.243 e. The molecule has 2 aromatic rings. The maximum absolute atomic E-state index is 12.1. The second kappa shape index (κ2) is 6.42. The van der Waals surface area contributed by atoms with E-state index < -0.39 is 6.03 Å². The van der Waals surface area contributed by atoms with Crippen LogP contribution in [0, 0.1) is 0 Å². The van der Waals surface area contributed by atoms with E-state index in [4.69, 9.17) is 11.6 Å². The fourth-order valence-corrected chi connectivity index (χ4v) is 1.92. The predicted octanol–water partition coefficient (Wildman–Crippen LogP) is 2.16. The molecule has 102 valence electrons. The monoisotopic (exact) mass is 282 g/mol. The Morgan fingerprint density at radius 3 is 2.89 bits per heavy atom. The van der Waals surface area contributed by atoms with Gasteiger partial charge in [-0.3, -0.25) is 0 Å². The highest BCUT2D eigenvalue weighted by molar-refractivity contribution is 6.28. The summed E-state index contributed by atoms with van der Waals surface area (Å²) in [7, 11) is 0. The van der Waals surface area contributed by atoms with Crippen LogP contribution in [0.15, 0.2) is 12.7 Å². The van der Waals surface area contributed by atoms with Crippen molar-refractivity contribution in [2.45, 2.75) is 39.0 Å². The van der Waals surface area contributed by atoms with E-state index in [0.717, 1.165) is 23.9 Å². The molecule has 0 aliphatic carbocycles. The third kappa shape index (κ3) is 3.37. The Balaban J connectivity index is 2.10. The van der Waals surface area contributed by atoms with Crippen LogP contribution >= 0.6 is 11.6 Å². The van der Waals surface area contributed by atoms with E-state index in [2.05, 4.69) is 27.1 Å². The highest BCUT2D eigenvalue weighted by Gasteiger charge is 2.17. The summed E-state index contributed by atoms with van der Waals surface area (Å²) < 4.78 is 2.28. The standard InChI is InChI=1S/C11H15ClN6O/c1-2-3-4-5-6-9-15-10(12)16-18(9)11(19)17-8-13-7-14-17/h7-8H,2-6H2,1H3. The first-order chi connectivity index (χ1) is 9.22. The number of nitrogens with zero attached hydrogens (tertiary/aromatic N) is 6. The van der Waals surface area contributed by atoms with Gasteiger partial charge in [-0.15, -0.1) is 5.10 Å². The zero-order valence-electron chi connectivity index (χ0n) is 10.7. The van der Waals surface area contributed by atoms with Gasteiger partial charge < -0.3 is 0 Å². The number of hydrogen-bond acceptors (Lipinski definition) is 5. The molecule has 2 aromatic heterocycles. The Hall–Kier alpha value is -1.76. The van der Waals surface area contributed by atoms with Gasteiger partial charge in [0.2, 0.25) is 5.28 Å². The number of unbranched alkanes of at least 4 members (excludes halogenated alkanes) is 3. The van der Waals surface area contributed by atoms with Crippen molar-refractivity contribution in [1.82, 2.24) is 29.5 Å². The van der Waals surface area contributed by atoms with Gasteiger partial charge in [-0.2, -0.15) is 14.5 Å². The zero-order chi connectivity index (χ0) is 13.7. The predicted molar refractivity (Wildman–Crippen MR) is 69.1 cm³/mol. The minimum atomic E-state index is -0.428. The van der Waals surface area contributed by atoms with Gasteiger partial charge in [-0.1, -0.05) is 26.2 Å². The lowest BCUT2D eigenvalue weighted by molar-refractivity contribution is 0.237. The van der Waals surface area contributed by atoms with Crippen LogP contribution in [0.5, 0.6) is 0 Å². The molecule has 0 N–H and O–H groups in total. The van der Waals surface area contributed by atoms with Crippen LogP contribution in [-0.4, -0.2) is 35.6 Å². The van der Waals surface area contributed by atoms with E-state index in [1.807, 2.05) is 0 Å². The molecule has 19 heavy (non-hydrogen) atoms. The topological polar surface area (TPSA) is 78.5 Å². The van der Waals surface area contributed by atoms with Gasteiger partial charge in [-0.05, 0) is 18.0 Å². The number of rotatable bonds is 5. The maximum Gasteiger partial charge on any atom is 0.372 e. The van der Waals surface area contributed by atoms with Crippen LogP contribution in [0.2, 0.25) is 5.28 Å². The summed E-state index contributed by atoms with van der Waals surface area (Å²) in [4.78, 5) is 19.9. The Bertz CT molecular complexity index is 535. The number of carbonyl (C=O) groups is 1. The van der Waals surface area contributed by atoms with Crippen molar-refractivity contribution in [2.24, 2.45) is 0 Å². The van der Waals surface area contributed by atoms with Gasteiger partial charge >= 0.3 is 6.03 Å². The minimum Gasteiger partial charge on any atom is -0.243 e. The molecular weight excluding hydrogens is 268 g/mol. The van der Waals surface area contributed by atoms with E-state index in [-0.39, 0.29) is 5.28 Å². The molecule has 0 amide bonds. The summed E-state index contributed by atoms with van der Waals surface area (Å²) in [5, 5.41) is 7.74. The lowest BCUT2D eigenvalue weighted by atomic mass is 10.1. The van der Waals surface area contributed by atoms with Crippen LogP contribution in [0.1, 0.15) is 38.4 Å². The lowest BCUT2D eigenvalue weighted by Gasteiger charge is -2.03. The van der Waals surface area contributed by atoms with Crippen molar-refractivity contribution < 1.29 is 4.79 Å². The minimum absolute atomic E-state index is 0.0685. The molecule has 0 fully saturated rings. The Kier molecular flexibility index (Phi) is 4.62.